The molecule has 0 aliphatic carbocycles. The zero-order valence-electron chi connectivity index (χ0n) is 15.8. The number of aromatic nitrogens is 3. The average Bonchev–Trinajstić information content (AvgIpc) is 3.00. The van der Waals surface area contributed by atoms with Gasteiger partial charge in [0.25, 0.3) is 5.91 Å². The molecular weight excluding hydrogens is 384 g/mol. The summed E-state index contributed by atoms with van der Waals surface area (Å²) in [5.74, 6) is -2.08. The molecule has 10 heteroatoms. The summed E-state index contributed by atoms with van der Waals surface area (Å²) in [7, 11) is 0. The van der Waals surface area contributed by atoms with E-state index in [9.17, 15) is 18.4 Å². The molecule has 4 rings (SSSR count). The summed E-state index contributed by atoms with van der Waals surface area (Å²) >= 11 is 0. The van der Waals surface area contributed by atoms with Gasteiger partial charge in [-0.2, -0.15) is 0 Å². The number of hydrogen-bond acceptors (Lipinski definition) is 5. The molecule has 0 radical (unpaired) electrons. The minimum atomic E-state index is -0.824. The highest BCUT2D eigenvalue weighted by atomic mass is 19.1. The Hall–Kier alpha value is -3.56. The van der Waals surface area contributed by atoms with E-state index in [0.29, 0.717) is 17.6 Å². The predicted molar refractivity (Wildman–Crippen MR) is 101 cm³/mol. The van der Waals surface area contributed by atoms with Gasteiger partial charge in [0.15, 0.2) is 11.5 Å². The summed E-state index contributed by atoms with van der Waals surface area (Å²) in [6.07, 6.45) is 0.135. The van der Waals surface area contributed by atoms with Gasteiger partial charge in [-0.25, -0.2) is 18.3 Å². The van der Waals surface area contributed by atoms with Crippen LogP contribution in [0.25, 0.3) is 5.65 Å². The van der Waals surface area contributed by atoms with E-state index in [4.69, 9.17) is 10.5 Å². The second-order valence-electron chi connectivity index (χ2n) is 6.58. The molecule has 8 nitrogen and oxygen atoms in total. The Bertz CT molecular complexity index is 1080. The SMILES string of the molecule is CC(C)c1cccc2nc(C(N)=O)nn12.O=C1CCOc2cc(F)cc(F)c2N1. The van der Waals surface area contributed by atoms with Crippen LogP contribution < -0.4 is 15.8 Å². The van der Waals surface area contributed by atoms with Crippen LogP contribution in [-0.2, 0) is 4.79 Å². The first-order valence-corrected chi connectivity index (χ1v) is 8.83. The largest absolute Gasteiger partial charge is 0.491 e. The van der Waals surface area contributed by atoms with Crippen molar-refractivity contribution in [2.45, 2.75) is 26.2 Å². The first kappa shape index (κ1) is 20.2. The topological polar surface area (TPSA) is 112 Å². The number of benzene rings is 1. The summed E-state index contributed by atoms with van der Waals surface area (Å²) < 4.78 is 32.6. The number of carbonyl (C=O) groups is 2. The van der Waals surface area contributed by atoms with E-state index in [1.165, 1.54) is 0 Å². The van der Waals surface area contributed by atoms with Crippen molar-refractivity contribution in [3.8, 4) is 5.75 Å². The van der Waals surface area contributed by atoms with E-state index < -0.39 is 17.5 Å². The molecule has 1 aliphatic rings. The Morgan fingerprint density at radius 2 is 2.07 bits per heavy atom. The number of anilines is 1. The fourth-order valence-corrected chi connectivity index (χ4v) is 2.71. The number of rotatable bonds is 2. The molecule has 0 spiro atoms. The van der Waals surface area contributed by atoms with Gasteiger partial charge in [0.05, 0.1) is 13.0 Å². The summed E-state index contributed by atoms with van der Waals surface area (Å²) in [6.45, 7) is 4.24. The number of amides is 2. The number of nitrogens with one attached hydrogen (secondary N) is 1. The molecule has 1 aromatic carbocycles. The lowest BCUT2D eigenvalue weighted by Crippen LogP contribution is -2.13. The van der Waals surface area contributed by atoms with Gasteiger partial charge in [0.2, 0.25) is 11.7 Å². The van der Waals surface area contributed by atoms with Crippen molar-refractivity contribution < 1.29 is 23.1 Å². The predicted octanol–water partition coefficient (Wildman–Crippen LogP) is 2.64. The van der Waals surface area contributed by atoms with Crippen molar-refractivity contribution in [3.63, 3.8) is 0 Å². The second kappa shape index (κ2) is 8.21. The maximum Gasteiger partial charge on any atom is 0.288 e. The van der Waals surface area contributed by atoms with E-state index in [1.807, 2.05) is 12.1 Å². The Morgan fingerprint density at radius 3 is 2.76 bits per heavy atom. The third-order valence-corrected chi connectivity index (χ3v) is 4.07. The van der Waals surface area contributed by atoms with Crippen LogP contribution in [0.1, 0.15) is 42.5 Å². The molecule has 2 aromatic heterocycles. The van der Waals surface area contributed by atoms with E-state index in [1.54, 1.807) is 10.6 Å². The Morgan fingerprint density at radius 1 is 1.31 bits per heavy atom. The lowest BCUT2D eigenvalue weighted by Gasteiger charge is -2.07. The van der Waals surface area contributed by atoms with Gasteiger partial charge in [-0.05, 0) is 18.1 Å². The number of carbonyl (C=O) groups excluding carboxylic acids is 2. The van der Waals surface area contributed by atoms with Crippen LogP contribution in [0.3, 0.4) is 0 Å². The molecule has 0 bridgehead atoms. The smallest absolute Gasteiger partial charge is 0.288 e. The van der Waals surface area contributed by atoms with Crippen LogP contribution in [-0.4, -0.2) is 33.0 Å². The highest BCUT2D eigenvalue weighted by Gasteiger charge is 2.18. The van der Waals surface area contributed by atoms with Crippen molar-refractivity contribution in [2.24, 2.45) is 5.73 Å². The van der Waals surface area contributed by atoms with Crippen molar-refractivity contribution in [2.75, 3.05) is 11.9 Å². The second-order valence-corrected chi connectivity index (χ2v) is 6.58. The number of nitrogens with zero attached hydrogens (tertiary/aromatic N) is 3. The van der Waals surface area contributed by atoms with Gasteiger partial charge in [0.1, 0.15) is 17.3 Å². The molecule has 0 saturated carbocycles. The van der Waals surface area contributed by atoms with Gasteiger partial charge in [0, 0.05) is 17.8 Å². The molecule has 3 aromatic rings. The van der Waals surface area contributed by atoms with Crippen LogP contribution in [0.2, 0.25) is 0 Å². The Labute approximate surface area is 164 Å². The normalized spacial score (nSPS) is 13.1. The van der Waals surface area contributed by atoms with E-state index in [-0.39, 0.29) is 36.2 Å². The summed E-state index contributed by atoms with van der Waals surface area (Å²) in [6, 6.07) is 7.39. The molecule has 1 aliphatic heterocycles. The van der Waals surface area contributed by atoms with Gasteiger partial charge < -0.3 is 15.8 Å². The highest BCUT2D eigenvalue weighted by molar-refractivity contribution is 5.93. The fraction of sp³-hybridized carbons (Fsp3) is 0.263. The van der Waals surface area contributed by atoms with E-state index in [0.717, 1.165) is 11.8 Å². The lowest BCUT2D eigenvalue weighted by molar-refractivity contribution is -0.116. The van der Waals surface area contributed by atoms with Crippen LogP contribution >= 0.6 is 0 Å². The van der Waals surface area contributed by atoms with Gasteiger partial charge in [-0.15, -0.1) is 5.10 Å². The summed E-state index contributed by atoms with van der Waals surface area (Å²) in [5, 5.41) is 6.38. The number of ether oxygens (including phenoxy) is 1. The maximum absolute atomic E-state index is 13.2. The van der Waals surface area contributed by atoms with Crippen LogP contribution in [0.4, 0.5) is 14.5 Å². The van der Waals surface area contributed by atoms with Crippen LogP contribution in [0.5, 0.6) is 5.75 Å². The molecule has 3 heterocycles. The number of fused-ring (bicyclic) bond motifs is 2. The van der Waals surface area contributed by atoms with Crippen LogP contribution in [0, 0.1) is 11.6 Å². The number of hydrogen-bond donors (Lipinski definition) is 2. The molecule has 0 unspecified atom stereocenters. The van der Waals surface area contributed by atoms with Gasteiger partial charge >= 0.3 is 0 Å². The first-order chi connectivity index (χ1) is 13.8. The van der Waals surface area contributed by atoms with Gasteiger partial charge in [-0.3, -0.25) is 9.59 Å². The molecule has 152 valence electrons. The lowest BCUT2D eigenvalue weighted by atomic mass is 10.1. The monoisotopic (exact) mass is 403 g/mol. The average molecular weight is 403 g/mol. The van der Waals surface area contributed by atoms with E-state index in [2.05, 4.69) is 29.2 Å². The minimum absolute atomic E-state index is 0.0355. The molecule has 2 amide bonds. The fourth-order valence-electron chi connectivity index (χ4n) is 2.71. The standard InChI is InChI=1S/C10H12N4O.C9H7F2NO2/c1-6(2)7-4-3-5-8-12-10(9(11)15)13-14(7)8;10-5-3-6(11)9-7(4-5)14-2-1-8(13)12-9/h3-6H,1-2H3,(H2,11,15);3-4H,1-2H2,(H,12,13). The van der Waals surface area contributed by atoms with Crippen molar-refractivity contribution in [1.82, 2.24) is 14.6 Å². The number of primary amides is 1. The molecule has 3 N–H and O–H groups in total. The Balaban J connectivity index is 0.000000166. The zero-order chi connectivity index (χ0) is 21.1. The minimum Gasteiger partial charge on any atom is -0.491 e. The highest BCUT2D eigenvalue weighted by Crippen LogP contribution is 2.30. The molecule has 0 saturated heterocycles. The summed E-state index contributed by atoms with van der Waals surface area (Å²) in [5.41, 5.74) is 6.69. The van der Waals surface area contributed by atoms with Crippen molar-refractivity contribution in [3.05, 3.63) is 53.5 Å². The number of pyridine rings is 1. The van der Waals surface area contributed by atoms with Crippen LogP contribution in [0.15, 0.2) is 30.3 Å². The molecule has 0 fully saturated rings. The zero-order valence-corrected chi connectivity index (χ0v) is 15.8. The number of nitrogens with two attached hydrogens (primary N) is 1. The van der Waals surface area contributed by atoms with Crippen molar-refractivity contribution >= 4 is 23.1 Å². The molecule has 29 heavy (non-hydrogen) atoms. The molecular formula is C19H19F2N5O3. The van der Waals surface area contributed by atoms with E-state index >= 15 is 0 Å². The quantitative estimate of drug-likeness (QED) is 0.683. The van der Waals surface area contributed by atoms with Crippen molar-refractivity contribution in [1.29, 1.82) is 0 Å². The van der Waals surface area contributed by atoms with Gasteiger partial charge in [-0.1, -0.05) is 19.9 Å². The number of halogens is 2. The third kappa shape index (κ3) is 4.48. The maximum atomic E-state index is 13.2. The summed E-state index contributed by atoms with van der Waals surface area (Å²) in [4.78, 5) is 26.0. The molecule has 0 atom stereocenters. The third-order valence-electron chi connectivity index (χ3n) is 4.07. The first-order valence-electron chi connectivity index (χ1n) is 8.83. The Kier molecular flexibility index (Phi) is 5.71.